The lowest BCUT2D eigenvalue weighted by atomic mass is 9.95. The highest BCUT2D eigenvalue weighted by molar-refractivity contribution is 6.04. The summed E-state index contributed by atoms with van der Waals surface area (Å²) in [6.45, 7) is -0.0176. The Balaban J connectivity index is 1.46. The summed E-state index contributed by atoms with van der Waals surface area (Å²) >= 11 is 0. The number of hydrogen-bond acceptors (Lipinski definition) is 10. The first-order valence-corrected chi connectivity index (χ1v) is 11.4. The van der Waals surface area contributed by atoms with Crippen LogP contribution < -0.4 is 28.4 Å². The Hall–Kier alpha value is -4.60. The molecular formula is C27H24O10. The van der Waals surface area contributed by atoms with Gasteiger partial charge in [-0.3, -0.25) is 9.59 Å². The Labute approximate surface area is 211 Å². The van der Waals surface area contributed by atoms with Crippen molar-refractivity contribution >= 4 is 11.6 Å². The molecular weight excluding hydrogens is 484 g/mol. The van der Waals surface area contributed by atoms with Gasteiger partial charge in [-0.05, 0) is 30.3 Å². The fourth-order valence-corrected chi connectivity index (χ4v) is 4.41. The lowest BCUT2D eigenvalue weighted by molar-refractivity contribution is 0.0612. The first kappa shape index (κ1) is 24.1. The summed E-state index contributed by atoms with van der Waals surface area (Å²) in [5.74, 6) is 0.483. The molecule has 0 bridgehead atoms. The summed E-state index contributed by atoms with van der Waals surface area (Å²) in [5.41, 5.74) is 0.884. The molecule has 192 valence electrons. The monoisotopic (exact) mass is 508 g/mol. The van der Waals surface area contributed by atoms with Crippen molar-refractivity contribution in [2.24, 2.45) is 0 Å². The second-order valence-electron chi connectivity index (χ2n) is 8.47. The molecule has 0 radical (unpaired) electrons. The molecule has 0 spiro atoms. The minimum atomic E-state index is -0.974. The van der Waals surface area contributed by atoms with Crippen LogP contribution in [0.25, 0.3) is 0 Å². The molecule has 2 aliphatic heterocycles. The number of phenols is 2. The lowest BCUT2D eigenvalue weighted by Crippen LogP contribution is -2.37. The molecule has 0 amide bonds. The molecule has 3 aromatic carbocycles. The molecule has 2 N–H and O–H groups in total. The van der Waals surface area contributed by atoms with Gasteiger partial charge in [-0.25, -0.2) is 0 Å². The Morgan fingerprint density at radius 2 is 1.62 bits per heavy atom. The summed E-state index contributed by atoms with van der Waals surface area (Å²) in [6, 6.07) is 10.6. The van der Waals surface area contributed by atoms with Crippen LogP contribution in [0.2, 0.25) is 0 Å². The molecule has 0 fully saturated rings. The molecule has 10 heteroatoms. The number of Topliss-reactive ketones (excluding diaryl/α,β-unsaturated/α-hetero) is 2. The molecule has 0 saturated carbocycles. The van der Waals surface area contributed by atoms with Crippen molar-refractivity contribution < 1.29 is 48.2 Å². The maximum absolute atomic E-state index is 13.2. The van der Waals surface area contributed by atoms with Crippen LogP contribution >= 0.6 is 0 Å². The van der Waals surface area contributed by atoms with Crippen molar-refractivity contribution in [2.75, 3.05) is 27.9 Å². The summed E-state index contributed by atoms with van der Waals surface area (Å²) in [6.07, 6.45) is -1.79. The zero-order chi connectivity index (χ0) is 26.3. The third kappa shape index (κ3) is 4.31. The number of fused-ring (bicyclic) bond motifs is 2. The second kappa shape index (κ2) is 9.45. The predicted octanol–water partition coefficient (Wildman–Crippen LogP) is 3.85. The van der Waals surface area contributed by atoms with E-state index < -0.39 is 12.2 Å². The summed E-state index contributed by atoms with van der Waals surface area (Å²) in [7, 11) is 4.38. The smallest absolute Gasteiger partial charge is 0.210 e. The molecule has 37 heavy (non-hydrogen) atoms. The molecule has 2 heterocycles. The van der Waals surface area contributed by atoms with Crippen LogP contribution in [0, 0.1) is 0 Å². The van der Waals surface area contributed by atoms with E-state index in [-0.39, 0.29) is 64.7 Å². The van der Waals surface area contributed by atoms with Gasteiger partial charge in [0.25, 0.3) is 0 Å². The Morgan fingerprint density at radius 1 is 0.892 bits per heavy atom. The van der Waals surface area contributed by atoms with Crippen LogP contribution in [0.4, 0.5) is 0 Å². The minimum Gasteiger partial charge on any atom is -0.508 e. The fraction of sp³-hybridized carbons (Fsp3) is 0.259. The highest BCUT2D eigenvalue weighted by atomic mass is 16.6. The number of rotatable bonds is 6. The quantitative estimate of drug-likeness (QED) is 0.506. The lowest BCUT2D eigenvalue weighted by Gasteiger charge is -2.28. The fourth-order valence-electron chi connectivity index (χ4n) is 4.41. The Morgan fingerprint density at radius 3 is 2.30 bits per heavy atom. The molecule has 3 aromatic rings. The average Bonchev–Trinajstić information content (AvgIpc) is 2.89. The standard InChI is InChI=1S/C27H24O10/c1-32-15-4-5-19-16(10-15)26(31)24(12-35-19)37-27-22(33-2)6-13(7-23(27)34-3)20-11-18(30)25-17(29)8-14(28)9-21(25)36-20/h4-10,20,24,28-29H,11-12H2,1-3H3/t20-,24-/m0/s1. The van der Waals surface area contributed by atoms with Gasteiger partial charge >= 0.3 is 0 Å². The largest absolute Gasteiger partial charge is 0.508 e. The zero-order valence-electron chi connectivity index (χ0n) is 20.3. The Bertz CT molecular complexity index is 1370. The van der Waals surface area contributed by atoms with Crippen molar-refractivity contribution in [1.82, 2.24) is 0 Å². The zero-order valence-corrected chi connectivity index (χ0v) is 20.3. The molecule has 2 atom stereocenters. The summed E-state index contributed by atoms with van der Waals surface area (Å²) in [4.78, 5) is 25.9. The van der Waals surface area contributed by atoms with E-state index in [1.807, 2.05) is 0 Å². The third-order valence-electron chi connectivity index (χ3n) is 6.23. The topological polar surface area (TPSA) is 130 Å². The van der Waals surface area contributed by atoms with E-state index in [0.717, 1.165) is 6.07 Å². The maximum atomic E-state index is 13.2. The molecule has 0 unspecified atom stereocenters. The number of ketones is 2. The highest BCUT2D eigenvalue weighted by Gasteiger charge is 2.35. The van der Waals surface area contributed by atoms with Crippen molar-refractivity contribution in [3.05, 3.63) is 59.2 Å². The molecule has 0 aromatic heterocycles. The van der Waals surface area contributed by atoms with E-state index in [1.165, 1.54) is 27.4 Å². The van der Waals surface area contributed by atoms with Gasteiger partial charge in [-0.1, -0.05) is 0 Å². The molecule has 0 saturated heterocycles. The van der Waals surface area contributed by atoms with Gasteiger partial charge in [-0.2, -0.15) is 0 Å². The SMILES string of the molecule is COc1ccc2c(c1)C(=O)[C@@H](Oc1c(OC)cc([C@@H]3CC(=O)c4c(O)cc(O)cc4O3)cc1OC)CO2. The maximum Gasteiger partial charge on any atom is 0.210 e. The first-order valence-electron chi connectivity index (χ1n) is 11.4. The van der Waals surface area contributed by atoms with Gasteiger partial charge in [0.2, 0.25) is 11.5 Å². The van der Waals surface area contributed by atoms with E-state index >= 15 is 0 Å². The van der Waals surface area contributed by atoms with Crippen molar-refractivity contribution in [2.45, 2.75) is 18.6 Å². The van der Waals surface area contributed by atoms with Crippen LogP contribution in [-0.4, -0.2) is 55.8 Å². The van der Waals surface area contributed by atoms with Gasteiger partial charge in [0, 0.05) is 17.7 Å². The third-order valence-corrected chi connectivity index (χ3v) is 6.23. The number of carbonyl (C=O) groups excluding carboxylic acids is 2. The number of aromatic hydroxyl groups is 2. The van der Waals surface area contributed by atoms with Crippen LogP contribution in [-0.2, 0) is 0 Å². The number of ether oxygens (including phenoxy) is 6. The van der Waals surface area contributed by atoms with Crippen LogP contribution in [0.3, 0.4) is 0 Å². The van der Waals surface area contributed by atoms with Crippen molar-refractivity contribution in [3.63, 3.8) is 0 Å². The van der Waals surface area contributed by atoms with Crippen LogP contribution in [0.5, 0.6) is 46.0 Å². The van der Waals surface area contributed by atoms with Gasteiger partial charge < -0.3 is 38.6 Å². The van der Waals surface area contributed by atoms with E-state index in [0.29, 0.717) is 22.6 Å². The summed E-state index contributed by atoms with van der Waals surface area (Å²) < 4.78 is 34.0. The van der Waals surface area contributed by atoms with Crippen LogP contribution in [0.15, 0.2) is 42.5 Å². The second-order valence-corrected chi connectivity index (χ2v) is 8.47. The molecule has 2 aliphatic rings. The molecule has 5 rings (SSSR count). The predicted molar refractivity (Wildman–Crippen MR) is 129 cm³/mol. The minimum absolute atomic E-state index is 0.0145. The van der Waals surface area contributed by atoms with Gasteiger partial charge in [-0.15, -0.1) is 0 Å². The normalized spacial score (nSPS) is 18.1. The van der Waals surface area contributed by atoms with Gasteiger partial charge in [0.15, 0.2) is 23.4 Å². The van der Waals surface area contributed by atoms with E-state index in [4.69, 9.17) is 28.4 Å². The molecule has 10 nitrogen and oxygen atoms in total. The Kier molecular flexibility index (Phi) is 6.16. The number of carbonyl (C=O) groups is 2. The van der Waals surface area contributed by atoms with Crippen molar-refractivity contribution in [3.8, 4) is 46.0 Å². The van der Waals surface area contributed by atoms with Crippen LogP contribution in [0.1, 0.15) is 38.8 Å². The highest BCUT2D eigenvalue weighted by Crippen LogP contribution is 2.46. The van der Waals surface area contributed by atoms with Crippen molar-refractivity contribution in [1.29, 1.82) is 0 Å². The summed E-state index contributed by atoms with van der Waals surface area (Å²) in [5, 5.41) is 19.9. The number of phenolic OH excluding ortho intramolecular Hbond substituents is 2. The van der Waals surface area contributed by atoms with Gasteiger partial charge in [0.05, 0.1) is 33.3 Å². The van der Waals surface area contributed by atoms with Gasteiger partial charge in [0.1, 0.15) is 47.0 Å². The van der Waals surface area contributed by atoms with E-state index in [9.17, 15) is 19.8 Å². The first-order chi connectivity index (χ1) is 17.8. The number of benzene rings is 3. The number of methoxy groups -OCH3 is 3. The molecule has 0 aliphatic carbocycles. The van der Waals surface area contributed by atoms with E-state index in [1.54, 1.807) is 30.3 Å². The average molecular weight is 508 g/mol. The number of hydrogen-bond donors (Lipinski definition) is 2. The van der Waals surface area contributed by atoms with E-state index in [2.05, 4.69) is 0 Å².